The molecule has 4 heteroatoms. The lowest BCUT2D eigenvalue weighted by atomic mass is 10.1. The Labute approximate surface area is 123 Å². The topological polar surface area (TPSA) is 35.5 Å². The van der Waals surface area contributed by atoms with Crippen molar-refractivity contribution in [3.05, 3.63) is 53.8 Å². The van der Waals surface area contributed by atoms with Gasteiger partial charge in [0.05, 0.1) is 12.2 Å². The highest BCUT2D eigenvalue weighted by Gasteiger charge is 2.16. The van der Waals surface area contributed by atoms with Crippen molar-refractivity contribution < 1.29 is 18.7 Å². The standard InChI is InChI=1S/C17H17FO3/c1-3-11-20-15-9-4-5-10-16(15)21-17-13(12(2)19)7-6-8-14(17)18/h4-10H,3,11H2,1-2H3. The van der Waals surface area contributed by atoms with E-state index in [4.69, 9.17) is 9.47 Å². The molecule has 0 heterocycles. The summed E-state index contributed by atoms with van der Waals surface area (Å²) in [6, 6.07) is 11.3. The first-order valence-corrected chi connectivity index (χ1v) is 6.82. The van der Waals surface area contributed by atoms with Gasteiger partial charge in [0.2, 0.25) is 0 Å². The summed E-state index contributed by atoms with van der Waals surface area (Å²) in [5.41, 5.74) is 0.209. The van der Waals surface area contributed by atoms with Gasteiger partial charge >= 0.3 is 0 Å². The number of ether oxygens (including phenoxy) is 2. The average Bonchev–Trinajstić information content (AvgIpc) is 2.48. The molecule has 0 fully saturated rings. The molecule has 0 atom stereocenters. The van der Waals surface area contributed by atoms with Crippen LogP contribution in [0.25, 0.3) is 0 Å². The van der Waals surface area contributed by atoms with Crippen molar-refractivity contribution in [3.8, 4) is 17.2 Å². The molecule has 0 amide bonds. The number of hydrogen-bond acceptors (Lipinski definition) is 3. The van der Waals surface area contributed by atoms with Crippen LogP contribution in [0.2, 0.25) is 0 Å². The van der Waals surface area contributed by atoms with Crippen molar-refractivity contribution in [1.82, 2.24) is 0 Å². The van der Waals surface area contributed by atoms with Crippen molar-refractivity contribution in [1.29, 1.82) is 0 Å². The smallest absolute Gasteiger partial charge is 0.174 e. The minimum atomic E-state index is -0.576. The molecule has 0 aliphatic rings. The number of benzene rings is 2. The third-order valence-corrected chi connectivity index (χ3v) is 2.87. The molecule has 0 unspecified atom stereocenters. The number of carbonyl (C=O) groups is 1. The zero-order valence-corrected chi connectivity index (χ0v) is 12.1. The SMILES string of the molecule is CCCOc1ccccc1Oc1c(F)cccc1C(C)=O. The van der Waals surface area contributed by atoms with Gasteiger partial charge in [-0.1, -0.05) is 25.1 Å². The summed E-state index contributed by atoms with van der Waals surface area (Å²) in [6.45, 7) is 3.91. The molecule has 21 heavy (non-hydrogen) atoms. The molecule has 2 aromatic rings. The van der Waals surface area contributed by atoms with E-state index < -0.39 is 5.82 Å². The highest BCUT2D eigenvalue weighted by atomic mass is 19.1. The first-order chi connectivity index (χ1) is 10.1. The normalized spacial score (nSPS) is 10.2. The number of para-hydroxylation sites is 3. The van der Waals surface area contributed by atoms with Gasteiger partial charge in [-0.15, -0.1) is 0 Å². The van der Waals surface area contributed by atoms with Crippen LogP contribution in [0, 0.1) is 5.82 Å². The Balaban J connectivity index is 2.37. The second-order valence-corrected chi connectivity index (χ2v) is 4.57. The van der Waals surface area contributed by atoms with Gasteiger partial charge in [0.25, 0.3) is 0 Å². The Morgan fingerprint density at radius 3 is 2.48 bits per heavy atom. The summed E-state index contributed by atoms with van der Waals surface area (Å²) >= 11 is 0. The van der Waals surface area contributed by atoms with Crippen LogP contribution in [0.15, 0.2) is 42.5 Å². The molecule has 0 saturated carbocycles. The molecule has 110 valence electrons. The summed E-state index contributed by atoms with van der Waals surface area (Å²) in [6.07, 6.45) is 0.854. The van der Waals surface area contributed by atoms with Gasteiger partial charge in [0, 0.05) is 0 Å². The molecule has 0 N–H and O–H groups in total. The minimum Gasteiger partial charge on any atom is -0.490 e. The molecule has 0 radical (unpaired) electrons. The van der Waals surface area contributed by atoms with Crippen LogP contribution in [-0.2, 0) is 0 Å². The Bertz CT molecular complexity index is 638. The van der Waals surface area contributed by atoms with Crippen LogP contribution < -0.4 is 9.47 Å². The van der Waals surface area contributed by atoms with Gasteiger partial charge < -0.3 is 9.47 Å². The molecule has 0 aliphatic carbocycles. The molecule has 3 nitrogen and oxygen atoms in total. The molecular weight excluding hydrogens is 271 g/mol. The van der Waals surface area contributed by atoms with Gasteiger partial charge in [-0.05, 0) is 37.6 Å². The Kier molecular flexibility index (Phi) is 4.93. The lowest BCUT2D eigenvalue weighted by Crippen LogP contribution is -2.01. The van der Waals surface area contributed by atoms with Crippen LogP contribution >= 0.6 is 0 Å². The maximum atomic E-state index is 14.0. The van der Waals surface area contributed by atoms with Gasteiger partial charge in [0.15, 0.2) is 28.8 Å². The fourth-order valence-electron chi connectivity index (χ4n) is 1.87. The van der Waals surface area contributed by atoms with Crippen molar-refractivity contribution in [3.63, 3.8) is 0 Å². The van der Waals surface area contributed by atoms with E-state index in [1.807, 2.05) is 13.0 Å². The highest BCUT2D eigenvalue weighted by molar-refractivity contribution is 5.97. The minimum absolute atomic E-state index is 0.0717. The molecule has 0 aliphatic heterocycles. The van der Waals surface area contributed by atoms with E-state index in [2.05, 4.69) is 0 Å². The quantitative estimate of drug-likeness (QED) is 0.728. The van der Waals surface area contributed by atoms with Gasteiger partial charge in [0.1, 0.15) is 0 Å². The summed E-state index contributed by atoms with van der Waals surface area (Å²) in [4.78, 5) is 11.6. The fraction of sp³-hybridized carbons (Fsp3) is 0.235. The Morgan fingerprint density at radius 2 is 1.81 bits per heavy atom. The summed E-state index contributed by atoms with van der Waals surface area (Å²) < 4.78 is 25.1. The molecule has 0 saturated heterocycles. The van der Waals surface area contributed by atoms with Gasteiger partial charge in [-0.3, -0.25) is 4.79 Å². The summed E-state index contributed by atoms with van der Waals surface area (Å²) in [7, 11) is 0. The second-order valence-electron chi connectivity index (χ2n) is 4.57. The number of rotatable bonds is 6. The Morgan fingerprint density at radius 1 is 1.10 bits per heavy atom. The monoisotopic (exact) mass is 288 g/mol. The molecule has 2 aromatic carbocycles. The van der Waals surface area contributed by atoms with Crippen LogP contribution in [0.4, 0.5) is 4.39 Å². The molecule has 0 aromatic heterocycles. The van der Waals surface area contributed by atoms with E-state index in [1.54, 1.807) is 18.2 Å². The van der Waals surface area contributed by atoms with Crippen LogP contribution in [-0.4, -0.2) is 12.4 Å². The maximum Gasteiger partial charge on any atom is 0.174 e. The third-order valence-electron chi connectivity index (χ3n) is 2.87. The molecule has 0 spiro atoms. The highest BCUT2D eigenvalue weighted by Crippen LogP contribution is 2.34. The third kappa shape index (κ3) is 3.60. The van der Waals surface area contributed by atoms with E-state index in [-0.39, 0.29) is 17.1 Å². The Hall–Kier alpha value is -2.36. The first kappa shape index (κ1) is 15.0. The van der Waals surface area contributed by atoms with E-state index in [0.29, 0.717) is 18.1 Å². The fourth-order valence-corrected chi connectivity index (χ4v) is 1.87. The number of Topliss-reactive ketones (excluding diaryl/α,β-unsaturated/α-hetero) is 1. The van der Waals surface area contributed by atoms with Crippen molar-refractivity contribution >= 4 is 5.78 Å². The van der Waals surface area contributed by atoms with E-state index in [9.17, 15) is 9.18 Å². The average molecular weight is 288 g/mol. The number of hydrogen-bond donors (Lipinski definition) is 0. The van der Waals surface area contributed by atoms with E-state index >= 15 is 0 Å². The zero-order chi connectivity index (χ0) is 15.2. The van der Waals surface area contributed by atoms with Crippen LogP contribution in [0.1, 0.15) is 30.6 Å². The van der Waals surface area contributed by atoms with E-state index in [0.717, 1.165) is 6.42 Å². The molecular formula is C17H17FO3. The summed E-state index contributed by atoms with van der Waals surface area (Å²) in [5, 5.41) is 0. The van der Waals surface area contributed by atoms with Gasteiger partial charge in [-0.2, -0.15) is 0 Å². The zero-order valence-electron chi connectivity index (χ0n) is 12.1. The molecule has 2 rings (SSSR count). The molecule has 0 bridgehead atoms. The lowest BCUT2D eigenvalue weighted by Gasteiger charge is -2.14. The number of carbonyl (C=O) groups excluding carboxylic acids is 1. The van der Waals surface area contributed by atoms with Gasteiger partial charge in [-0.25, -0.2) is 4.39 Å². The largest absolute Gasteiger partial charge is 0.490 e. The van der Waals surface area contributed by atoms with Crippen LogP contribution in [0.5, 0.6) is 17.2 Å². The summed E-state index contributed by atoms with van der Waals surface area (Å²) in [5.74, 6) is 0.0117. The predicted molar refractivity (Wildman–Crippen MR) is 78.7 cm³/mol. The van der Waals surface area contributed by atoms with Crippen molar-refractivity contribution in [2.75, 3.05) is 6.61 Å². The van der Waals surface area contributed by atoms with Crippen LogP contribution in [0.3, 0.4) is 0 Å². The number of halogens is 1. The number of ketones is 1. The first-order valence-electron chi connectivity index (χ1n) is 6.82. The van der Waals surface area contributed by atoms with Crippen molar-refractivity contribution in [2.24, 2.45) is 0 Å². The predicted octanol–water partition coefficient (Wildman–Crippen LogP) is 4.61. The second kappa shape index (κ2) is 6.88. The van der Waals surface area contributed by atoms with Crippen molar-refractivity contribution in [2.45, 2.75) is 20.3 Å². The maximum absolute atomic E-state index is 14.0. The lowest BCUT2D eigenvalue weighted by molar-refractivity contribution is 0.101. The van der Waals surface area contributed by atoms with E-state index in [1.165, 1.54) is 25.1 Å².